The molecule has 0 saturated carbocycles. The molecule has 0 radical (unpaired) electrons. The first kappa shape index (κ1) is 22.3. The average molecular weight is 488 g/mol. The van der Waals surface area contributed by atoms with Gasteiger partial charge in [0.1, 0.15) is 0 Å². The molecule has 37 heavy (non-hydrogen) atoms. The lowest BCUT2D eigenvalue weighted by Crippen LogP contribution is -2.46. The van der Waals surface area contributed by atoms with Gasteiger partial charge < -0.3 is 4.90 Å². The van der Waals surface area contributed by atoms with Crippen molar-refractivity contribution in [3.05, 3.63) is 101 Å². The summed E-state index contributed by atoms with van der Waals surface area (Å²) in [5.41, 5.74) is 6.08. The van der Waals surface area contributed by atoms with Crippen LogP contribution in [0.4, 0.5) is 5.69 Å². The second-order valence-corrected chi connectivity index (χ2v) is 10.5. The van der Waals surface area contributed by atoms with E-state index in [1.54, 1.807) is 0 Å². The van der Waals surface area contributed by atoms with Gasteiger partial charge in [0.2, 0.25) is 11.8 Å². The van der Waals surface area contributed by atoms with Gasteiger partial charge in [-0.3, -0.25) is 19.4 Å². The molecule has 2 heterocycles. The van der Waals surface area contributed by atoms with Crippen molar-refractivity contribution in [1.29, 1.82) is 0 Å². The number of carbonyl (C=O) groups excluding carboxylic acids is 2. The van der Waals surface area contributed by atoms with E-state index in [1.807, 2.05) is 30.3 Å². The van der Waals surface area contributed by atoms with Crippen molar-refractivity contribution in [2.24, 2.45) is 11.8 Å². The Morgan fingerprint density at radius 3 is 1.57 bits per heavy atom. The molecule has 0 unspecified atom stereocenters. The molecule has 0 spiro atoms. The van der Waals surface area contributed by atoms with E-state index in [2.05, 4.69) is 70.2 Å². The highest BCUT2D eigenvalue weighted by Gasteiger charge is 2.61. The molecular weight excluding hydrogens is 458 g/mol. The molecule has 2 fully saturated rings. The molecule has 2 aliphatic heterocycles. The highest BCUT2D eigenvalue weighted by molar-refractivity contribution is 6.07. The third kappa shape index (κ3) is 3.51. The number of hydrogen-bond acceptors (Lipinski definition) is 4. The number of hydrogen-bond donors (Lipinski definition) is 0. The Balaban J connectivity index is 1.05. The molecule has 2 atom stereocenters. The van der Waals surface area contributed by atoms with Gasteiger partial charge in [-0.2, -0.15) is 0 Å². The van der Waals surface area contributed by atoms with Gasteiger partial charge in [0.25, 0.3) is 0 Å². The molecule has 184 valence electrons. The Hall–Kier alpha value is -3.88. The molecule has 3 aromatic carbocycles. The van der Waals surface area contributed by atoms with Crippen LogP contribution in [0.3, 0.4) is 0 Å². The highest BCUT2D eigenvalue weighted by Crippen LogP contribution is 2.60. The number of anilines is 1. The topological polar surface area (TPSA) is 43.9 Å². The fraction of sp³-hybridized carbons (Fsp3) is 0.312. The van der Waals surface area contributed by atoms with Crippen molar-refractivity contribution in [2.75, 3.05) is 44.2 Å². The third-order valence-corrected chi connectivity index (χ3v) is 8.70. The van der Waals surface area contributed by atoms with Crippen LogP contribution in [0.25, 0.3) is 0 Å². The molecule has 3 aliphatic carbocycles. The average Bonchev–Trinajstić information content (AvgIpc) is 3.21. The van der Waals surface area contributed by atoms with Gasteiger partial charge in [-0.05, 0) is 34.4 Å². The van der Waals surface area contributed by atoms with Gasteiger partial charge in [0.05, 0.1) is 24.9 Å². The maximum atomic E-state index is 13.6. The SMILES string of the molecule is O=C1[C@@H]2C3c4ccccc4C(c4ccccc43)[C@@H]2C(=O)N1CC#CCN1CCN(c2ccccc2)CC1. The van der Waals surface area contributed by atoms with Crippen LogP contribution in [0.2, 0.25) is 0 Å². The van der Waals surface area contributed by atoms with Crippen LogP contribution in [-0.4, -0.2) is 60.9 Å². The zero-order valence-corrected chi connectivity index (χ0v) is 20.7. The first-order valence-electron chi connectivity index (χ1n) is 13.2. The van der Waals surface area contributed by atoms with Gasteiger partial charge in [0.15, 0.2) is 0 Å². The van der Waals surface area contributed by atoms with E-state index < -0.39 is 0 Å². The fourth-order valence-electron chi connectivity index (χ4n) is 7.00. The number of imide groups is 1. The Labute approximate surface area is 217 Å². The lowest BCUT2D eigenvalue weighted by Gasteiger charge is -2.45. The van der Waals surface area contributed by atoms with Gasteiger partial charge in [0, 0.05) is 43.7 Å². The number of amides is 2. The predicted molar refractivity (Wildman–Crippen MR) is 143 cm³/mol. The summed E-state index contributed by atoms with van der Waals surface area (Å²) in [6.07, 6.45) is 0. The van der Waals surface area contributed by atoms with Gasteiger partial charge in [-0.1, -0.05) is 78.6 Å². The quantitative estimate of drug-likeness (QED) is 0.418. The number of para-hydroxylation sites is 1. The maximum Gasteiger partial charge on any atom is 0.234 e. The van der Waals surface area contributed by atoms with Gasteiger partial charge in [-0.25, -0.2) is 0 Å². The van der Waals surface area contributed by atoms with Crippen molar-refractivity contribution >= 4 is 17.5 Å². The maximum absolute atomic E-state index is 13.6. The molecule has 0 N–H and O–H groups in total. The summed E-state index contributed by atoms with van der Waals surface area (Å²) in [5.74, 6) is 5.53. The van der Waals surface area contributed by atoms with E-state index in [4.69, 9.17) is 0 Å². The van der Waals surface area contributed by atoms with Crippen molar-refractivity contribution < 1.29 is 9.59 Å². The Morgan fingerprint density at radius 1 is 0.595 bits per heavy atom. The lowest BCUT2D eigenvalue weighted by molar-refractivity contribution is -0.139. The number of carbonyl (C=O) groups is 2. The summed E-state index contributed by atoms with van der Waals surface area (Å²) in [4.78, 5) is 33.5. The Kier molecular flexibility index (Phi) is 5.37. The van der Waals surface area contributed by atoms with Crippen LogP contribution < -0.4 is 4.90 Å². The summed E-state index contributed by atoms with van der Waals surface area (Å²) in [5, 5.41) is 0. The molecule has 2 saturated heterocycles. The van der Waals surface area contributed by atoms with Crippen LogP contribution in [0, 0.1) is 23.7 Å². The third-order valence-electron chi connectivity index (χ3n) is 8.70. The number of nitrogens with zero attached hydrogens (tertiary/aromatic N) is 3. The van der Waals surface area contributed by atoms with Crippen LogP contribution in [-0.2, 0) is 9.59 Å². The Bertz CT molecular complexity index is 1320. The molecular formula is C32H29N3O2. The first-order chi connectivity index (χ1) is 18.2. The van der Waals surface area contributed by atoms with E-state index >= 15 is 0 Å². The van der Waals surface area contributed by atoms with Gasteiger partial charge >= 0.3 is 0 Å². The molecule has 8 rings (SSSR count). The minimum atomic E-state index is -0.324. The van der Waals surface area contributed by atoms with E-state index in [0.29, 0.717) is 6.54 Å². The standard InChI is InChI=1S/C32H29N3O2/c36-31-29-27-23-12-4-5-13-24(23)28(26-15-7-6-14-25(26)27)30(29)32(37)35(31)17-9-8-16-33-18-20-34(21-19-33)22-10-2-1-3-11-22/h1-7,10-15,27-30H,16-21H2/t27?,28?,29-,30+. The van der Waals surface area contributed by atoms with Crippen molar-refractivity contribution in [1.82, 2.24) is 9.80 Å². The molecule has 5 aliphatic rings. The van der Waals surface area contributed by atoms with Crippen molar-refractivity contribution in [2.45, 2.75) is 11.8 Å². The minimum Gasteiger partial charge on any atom is -0.369 e. The smallest absolute Gasteiger partial charge is 0.234 e. The van der Waals surface area contributed by atoms with E-state index in [9.17, 15) is 9.59 Å². The fourth-order valence-corrected chi connectivity index (χ4v) is 7.00. The van der Waals surface area contributed by atoms with Crippen LogP contribution in [0.5, 0.6) is 0 Å². The number of benzene rings is 3. The van der Waals surface area contributed by atoms with Crippen molar-refractivity contribution in [3.8, 4) is 11.8 Å². The zero-order valence-electron chi connectivity index (χ0n) is 20.7. The van der Waals surface area contributed by atoms with Crippen LogP contribution >= 0.6 is 0 Å². The molecule has 5 heteroatoms. The molecule has 0 aromatic heterocycles. The van der Waals surface area contributed by atoms with Gasteiger partial charge in [-0.15, -0.1) is 0 Å². The monoisotopic (exact) mass is 487 g/mol. The summed E-state index contributed by atoms with van der Waals surface area (Å²) in [7, 11) is 0. The van der Waals surface area contributed by atoms with Crippen LogP contribution in [0.15, 0.2) is 78.9 Å². The number of piperazine rings is 1. The van der Waals surface area contributed by atoms with E-state index in [1.165, 1.54) is 32.8 Å². The molecule has 3 aromatic rings. The Morgan fingerprint density at radius 2 is 1.05 bits per heavy atom. The molecule has 2 bridgehead atoms. The number of likely N-dealkylation sites (tertiary alicyclic amines) is 1. The largest absolute Gasteiger partial charge is 0.369 e. The highest BCUT2D eigenvalue weighted by atomic mass is 16.2. The lowest BCUT2D eigenvalue weighted by atomic mass is 9.55. The van der Waals surface area contributed by atoms with E-state index in [0.717, 1.165) is 26.2 Å². The summed E-state index contributed by atoms with van der Waals surface area (Å²) < 4.78 is 0. The second-order valence-electron chi connectivity index (χ2n) is 10.5. The zero-order chi connectivity index (χ0) is 24.9. The normalized spacial score (nSPS) is 25.8. The number of rotatable bonds is 3. The predicted octanol–water partition coefficient (Wildman–Crippen LogP) is 3.70. The summed E-state index contributed by atoms with van der Waals surface area (Å²) in [6.45, 7) is 4.70. The summed E-state index contributed by atoms with van der Waals surface area (Å²) >= 11 is 0. The molecule has 5 nitrogen and oxygen atoms in total. The van der Waals surface area contributed by atoms with Crippen LogP contribution in [0.1, 0.15) is 34.1 Å². The molecule has 2 amide bonds. The minimum absolute atomic E-state index is 0.0558. The van der Waals surface area contributed by atoms with E-state index in [-0.39, 0.29) is 42.0 Å². The first-order valence-corrected chi connectivity index (χ1v) is 13.2. The second kappa shape index (κ2) is 8.90. The van der Waals surface area contributed by atoms with Crippen molar-refractivity contribution in [3.63, 3.8) is 0 Å². The summed E-state index contributed by atoms with van der Waals surface area (Å²) in [6, 6.07) is 27.2.